The van der Waals surface area contributed by atoms with Crippen LogP contribution in [0.1, 0.15) is 44.9 Å². The molecule has 0 bridgehead atoms. The molecule has 1 amide bonds. The SMILES string of the molecule is CC(C)(C)c1cc(NC(=O)C2CCCN(c3ncccc3C(F)(F)F)C2)n(-c2ncccn2)n1. The first-order valence-corrected chi connectivity index (χ1v) is 11.0. The van der Waals surface area contributed by atoms with E-state index >= 15 is 0 Å². The molecule has 8 nitrogen and oxygen atoms in total. The summed E-state index contributed by atoms with van der Waals surface area (Å²) in [5.41, 5.74) is -0.345. The normalized spacial score (nSPS) is 17.0. The highest BCUT2D eigenvalue weighted by Gasteiger charge is 2.37. The maximum Gasteiger partial charge on any atom is 0.419 e. The van der Waals surface area contributed by atoms with E-state index in [0.717, 1.165) is 11.8 Å². The number of anilines is 2. The van der Waals surface area contributed by atoms with E-state index in [1.165, 1.54) is 21.8 Å². The predicted octanol–water partition coefficient (Wildman–Crippen LogP) is 4.23. The summed E-state index contributed by atoms with van der Waals surface area (Å²) in [5.74, 6) is -0.249. The number of rotatable bonds is 4. The van der Waals surface area contributed by atoms with E-state index in [4.69, 9.17) is 0 Å². The van der Waals surface area contributed by atoms with Crippen LogP contribution in [0, 0.1) is 5.92 Å². The molecule has 0 aliphatic carbocycles. The average Bonchev–Trinajstić information content (AvgIpc) is 3.23. The maximum atomic E-state index is 13.5. The minimum atomic E-state index is -4.52. The van der Waals surface area contributed by atoms with Gasteiger partial charge in [-0.3, -0.25) is 4.79 Å². The fraction of sp³-hybridized carbons (Fsp3) is 0.435. The van der Waals surface area contributed by atoms with Crippen LogP contribution in [0.5, 0.6) is 0 Å². The summed E-state index contributed by atoms with van der Waals surface area (Å²) in [6.07, 6.45) is 1.09. The Labute approximate surface area is 195 Å². The number of aromatic nitrogens is 5. The summed E-state index contributed by atoms with van der Waals surface area (Å²) in [6, 6.07) is 5.73. The summed E-state index contributed by atoms with van der Waals surface area (Å²) >= 11 is 0. The number of carbonyl (C=O) groups excluding carboxylic acids is 1. The van der Waals surface area contributed by atoms with E-state index in [1.807, 2.05) is 20.8 Å². The van der Waals surface area contributed by atoms with E-state index in [9.17, 15) is 18.0 Å². The highest BCUT2D eigenvalue weighted by molar-refractivity contribution is 5.92. The zero-order valence-electron chi connectivity index (χ0n) is 19.2. The van der Waals surface area contributed by atoms with Crippen LogP contribution in [-0.2, 0) is 16.4 Å². The molecule has 4 heterocycles. The lowest BCUT2D eigenvalue weighted by Gasteiger charge is -2.34. The zero-order valence-corrected chi connectivity index (χ0v) is 19.2. The molecule has 4 rings (SSSR count). The average molecular weight is 474 g/mol. The summed E-state index contributed by atoms with van der Waals surface area (Å²) in [6.45, 7) is 6.53. The molecule has 0 saturated carbocycles. The zero-order chi connectivity index (χ0) is 24.5. The Morgan fingerprint density at radius 2 is 1.79 bits per heavy atom. The van der Waals surface area contributed by atoms with Crippen molar-refractivity contribution < 1.29 is 18.0 Å². The lowest BCUT2D eigenvalue weighted by molar-refractivity contribution is -0.137. The van der Waals surface area contributed by atoms with Crippen molar-refractivity contribution in [1.29, 1.82) is 0 Å². The lowest BCUT2D eigenvalue weighted by atomic mass is 9.92. The first-order chi connectivity index (χ1) is 16.0. The number of amides is 1. The minimum absolute atomic E-state index is 0.133. The van der Waals surface area contributed by atoms with Gasteiger partial charge in [0, 0.05) is 43.2 Å². The van der Waals surface area contributed by atoms with Gasteiger partial charge in [-0.15, -0.1) is 0 Å². The second-order valence-corrected chi connectivity index (χ2v) is 9.27. The molecule has 3 aromatic rings. The number of alkyl halides is 3. The van der Waals surface area contributed by atoms with Crippen LogP contribution < -0.4 is 10.2 Å². The van der Waals surface area contributed by atoms with Crippen molar-refractivity contribution in [2.75, 3.05) is 23.3 Å². The van der Waals surface area contributed by atoms with Crippen molar-refractivity contribution in [2.45, 2.75) is 45.2 Å². The van der Waals surface area contributed by atoms with Crippen LogP contribution >= 0.6 is 0 Å². The quantitative estimate of drug-likeness (QED) is 0.610. The highest BCUT2D eigenvalue weighted by Crippen LogP contribution is 2.36. The van der Waals surface area contributed by atoms with Crippen molar-refractivity contribution in [3.8, 4) is 5.95 Å². The molecular weight excluding hydrogens is 447 g/mol. The Kier molecular flexibility index (Phi) is 6.28. The van der Waals surface area contributed by atoms with Crippen LogP contribution in [0.3, 0.4) is 0 Å². The lowest BCUT2D eigenvalue weighted by Crippen LogP contribution is -2.42. The van der Waals surface area contributed by atoms with Gasteiger partial charge >= 0.3 is 6.18 Å². The van der Waals surface area contributed by atoms with Crippen LogP contribution in [0.25, 0.3) is 5.95 Å². The summed E-state index contributed by atoms with van der Waals surface area (Å²) in [4.78, 5) is 27.2. The first kappa shape index (κ1) is 23.7. The monoisotopic (exact) mass is 473 g/mol. The Morgan fingerprint density at radius 1 is 1.09 bits per heavy atom. The molecule has 180 valence electrons. The molecule has 1 saturated heterocycles. The van der Waals surface area contributed by atoms with Crippen molar-refractivity contribution in [1.82, 2.24) is 24.7 Å². The molecule has 0 spiro atoms. The molecule has 0 aromatic carbocycles. The smallest absolute Gasteiger partial charge is 0.355 e. The largest absolute Gasteiger partial charge is 0.419 e. The molecule has 1 aliphatic rings. The molecule has 0 radical (unpaired) electrons. The van der Waals surface area contributed by atoms with E-state index in [0.29, 0.717) is 31.2 Å². The molecule has 34 heavy (non-hydrogen) atoms. The number of halogens is 3. The number of carbonyl (C=O) groups is 1. The third kappa shape index (κ3) is 5.02. The van der Waals surface area contributed by atoms with Crippen LogP contribution in [0.15, 0.2) is 42.9 Å². The third-order valence-electron chi connectivity index (χ3n) is 5.65. The summed E-state index contributed by atoms with van der Waals surface area (Å²) in [5, 5.41) is 7.48. The van der Waals surface area contributed by atoms with Crippen molar-refractivity contribution in [3.05, 3.63) is 54.1 Å². The number of nitrogens with one attached hydrogen (secondary N) is 1. The van der Waals surface area contributed by atoms with E-state index < -0.39 is 17.7 Å². The summed E-state index contributed by atoms with van der Waals surface area (Å²) < 4.78 is 41.9. The first-order valence-electron chi connectivity index (χ1n) is 11.0. The molecule has 3 aromatic heterocycles. The number of pyridine rings is 1. The second-order valence-electron chi connectivity index (χ2n) is 9.27. The number of nitrogens with zero attached hydrogens (tertiary/aromatic N) is 6. The Hall–Kier alpha value is -3.50. The molecule has 1 fully saturated rings. The van der Waals surface area contributed by atoms with Gasteiger partial charge < -0.3 is 10.2 Å². The number of hydrogen-bond donors (Lipinski definition) is 1. The fourth-order valence-corrected chi connectivity index (χ4v) is 3.87. The Balaban J connectivity index is 1.58. The van der Waals surface area contributed by atoms with E-state index in [1.54, 1.807) is 24.5 Å². The van der Waals surface area contributed by atoms with Crippen LogP contribution in [-0.4, -0.2) is 43.7 Å². The van der Waals surface area contributed by atoms with Gasteiger partial charge in [-0.1, -0.05) is 20.8 Å². The van der Waals surface area contributed by atoms with Gasteiger partial charge in [0.15, 0.2) is 0 Å². The van der Waals surface area contributed by atoms with Crippen molar-refractivity contribution >= 4 is 17.5 Å². The molecule has 1 atom stereocenters. The maximum absolute atomic E-state index is 13.5. The van der Waals surface area contributed by atoms with Crippen LogP contribution in [0.2, 0.25) is 0 Å². The van der Waals surface area contributed by atoms with E-state index in [-0.39, 0.29) is 23.7 Å². The van der Waals surface area contributed by atoms with Gasteiger partial charge in [0.2, 0.25) is 5.91 Å². The summed E-state index contributed by atoms with van der Waals surface area (Å²) in [7, 11) is 0. The molecule has 1 unspecified atom stereocenters. The highest BCUT2D eigenvalue weighted by atomic mass is 19.4. The fourth-order valence-electron chi connectivity index (χ4n) is 3.87. The second kappa shape index (κ2) is 9.03. The number of piperidine rings is 1. The van der Waals surface area contributed by atoms with Crippen molar-refractivity contribution in [3.63, 3.8) is 0 Å². The molecule has 11 heteroatoms. The minimum Gasteiger partial charge on any atom is -0.355 e. The van der Waals surface area contributed by atoms with Gasteiger partial charge in [0.1, 0.15) is 11.6 Å². The van der Waals surface area contributed by atoms with Crippen LogP contribution in [0.4, 0.5) is 24.8 Å². The van der Waals surface area contributed by atoms with Gasteiger partial charge in [0.25, 0.3) is 5.95 Å². The van der Waals surface area contributed by atoms with Crippen molar-refractivity contribution in [2.24, 2.45) is 5.92 Å². The molecule has 1 N–H and O–H groups in total. The Bertz CT molecular complexity index is 1160. The number of hydrogen-bond acceptors (Lipinski definition) is 6. The standard InChI is InChI=1S/C23H26F3N7O/c1-22(2,3)17-13-18(33(31-17)21-28-10-6-11-29-21)30-20(34)15-7-5-12-32(14-15)19-16(23(24,25)26)8-4-9-27-19/h4,6,8-11,13,15H,5,7,12,14H2,1-3H3,(H,30,34). The van der Waals surface area contributed by atoms with Gasteiger partial charge in [-0.2, -0.15) is 23.0 Å². The van der Waals surface area contributed by atoms with Gasteiger partial charge in [0.05, 0.1) is 17.2 Å². The molecule has 1 aliphatic heterocycles. The predicted molar refractivity (Wildman–Crippen MR) is 121 cm³/mol. The van der Waals surface area contributed by atoms with Gasteiger partial charge in [-0.25, -0.2) is 15.0 Å². The topological polar surface area (TPSA) is 88.8 Å². The Morgan fingerprint density at radius 3 is 2.47 bits per heavy atom. The van der Waals surface area contributed by atoms with E-state index in [2.05, 4.69) is 25.4 Å². The third-order valence-corrected chi connectivity index (χ3v) is 5.65. The van der Waals surface area contributed by atoms with Gasteiger partial charge in [-0.05, 0) is 31.0 Å². The molecular formula is C23H26F3N7O.